The quantitative estimate of drug-likeness (QED) is 0.539. The van der Waals surface area contributed by atoms with Crippen LogP contribution in [0, 0.1) is 0 Å². The number of hydrogen-bond donors (Lipinski definition) is 1. The fourth-order valence-corrected chi connectivity index (χ4v) is 0.668. The van der Waals surface area contributed by atoms with E-state index >= 15 is 0 Å². The molecule has 0 fully saturated rings. The molecule has 1 aromatic rings. The molecule has 1 heterocycles. The van der Waals surface area contributed by atoms with E-state index in [4.69, 9.17) is 0 Å². The third-order valence-electron chi connectivity index (χ3n) is 1.27. The first-order chi connectivity index (χ1) is 4.33. The summed E-state index contributed by atoms with van der Waals surface area (Å²) in [6.45, 7) is 0. The minimum absolute atomic E-state index is 1.15. The Labute approximate surface area is 55.1 Å². The number of aromatic nitrogens is 1. The Balaban J connectivity index is 2.88. The number of aryl methyl sites for hydroxylation is 1. The van der Waals surface area contributed by atoms with Crippen LogP contribution in [-0.2, 0) is 7.05 Å². The number of rotatable bonds is 1. The number of anilines is 1. The summed E-state index contributed by atoms with van der Waals surface area (Å²) < 4.78 is 2.00. The highest BCUT2D eigenvalue weighted by atomic mass is 14.9. The fraction of sp³-hybridized carbons (Fsp3) is 0.286. The van der Waals surface area contributed by atoms with Crippen molar-refractivity contribution in [1.29, 1.82) is 0 Å². The summed E-state index contributed by atoms with van der Waals surface area (Å²) in [7, 11) is 3.91. The Bertz CT molecular complexity index is 179. The highest BCUT2D eigenvalue weighted by Crippen LogP contribution is 1.98. The molecule has 0 bridgehead atoms. The minimum atomic E-state index is 1.15. The molecule has 0 atom stereocenters. The standard InChI is InChI=1S/C7H10N2/c1-8-7-3-5-9(2)6-4-7/h3-6H,1-2H3/p+1. The van der Waals surface area contributed by atoms with Crippen molar-refractivity contribution in [2.75, 3.05) is 12.4 Å². The van der Waals surface area contributed by atoms with E-state index in [9.17, 15) is 0 Å². The predicted molar refractivity (Wildman–Crippen MR) is 37.2 cm³/mol. The molecule has 0 saturated carbocycles. The van der Waals surface area contributed by atoms with Gasteiger partial charge < -0.3 is 5.32 Å². The van der Waals surface area contributed by atoms with Gasteiger partial charge in [-0.25, -0.2) is 4.57 Å². The normalized spacial score (nSPS) is 9.11. The van der Waals surface area contributed by atoms with E-state index in [1.165, 1.54) is 0 Å². The summed E-state index contributed by atoms with van der Waals surface area (Å²) in [6, 6.07) is 4.06. The molecule has 0 aromatic carbocycles. The number of nitrogens with zero attached hydrogens (tertiary/aromatic N) is 1. The smallest absolute Gasteiger partial charge is 0.170 e. The molecule has 0 unspecified atom stereocenters. The average Bonchev–Trinajstić information content (AvgIpc) is 1.90. The van der Waals surface area contributed by atoms with Gasteiger partial charge in [0.05, 0.1) is 0 Å². The van der Waals surface area contributed by atoms with Crippen molar-refractivity contribution in [3.05, 3.63) is 24.5 Å². The third kappa shape index (κ3) is 1.42. The molecule has 1 aromatic heterocycles. The lowest BCUT2D eigenvalue weighted by molar-refractivity contribution is -0.671. The molecular formula is C7H11N2+. The molecule has 0 spiro atoms. The van der Waals surface area contributed by atoms with Crippen LogP contribution in [0.1, 0.15) is 0 Å². The summed E-state index contributed by atoms with van der Waals surface area (Å²) >= 11 is 0. The number of nitrogens with one attached hydrogen (secondary N) is 1. The molecule has 48 valence electrons. The Morgan fingerprint density at radius 2 is 1.89 bits per heavy atom. The van der Waals surface area contributed by atoms with Gasteiger partial charge in [-0.3, -0.25) is 0 Å². The largest absolute Gasteiger partial charge is 0.388 e. The first kappa shape index (κ1) is 6.08. The topological polar surface area (TPSA) is 15.9 Å². The number of hydrogen-bond acceptors (Lipinski definition) is 1. The summed E-state index contributed by atoms with van der Waals surface area (Å²) in [4.78, 5) is 0. The first-order valence-corrected chi connectivity index (χ1v) is 2.96. The molecule has 0 aliphatic heterocycles. The maximum Gasteiger partial charge on any atom is 0.170 e. The second-order valence-corrected chi connectivity index (χ2v) is 2.00. The minimum Gasteiger partial charge on any atom is -0.388 e. The molecule has 1 N–H and O–H groups in total. The van der Waals surface area contributed by atoms with Crippen LogP contribution in [-0.4, -0.2) is 7.05 Å². The summed E-state index contributed by atoms with van der Waals surface area (Å²) in [6.07, 6.45) is 4.01. The van der Waals surface area contributed by atoms with Crippen molar-refractivity contribution in [1.82, 2.24) is 0 Å². The monoisotopic (exact) mass is 123 g/mol. The van der Waals surface area contributed by atoms with Gasteiger partial charge in [-0.05, 0) is 0 Å². The van der Waals surface area contributed by atoms with Crippen molar-refractivity contribution in [2.24, 2.45) is 7.05 Å². The van der Waals surface area contributed by atoms with Gasteiger partial charge in [0.2, 0.25) is 0 Å². The lowest BCUT2D eigenvalue weighted by Gasteiger charge is -1.93. The van der Waals surface area contributed by atoms with Crippen LogP contribution in [0.15, 0.2) is 24.5 Å². The van der Waals surface area contributed by atoms with Gasteiger partial charge >= 0.3 is 0 Å². The molecule has 0 aliphatic carbocycles. The van der Waals surface area contributed by atoms with E-state index in [1.807, 2.05) is 43.2 Å². The molecule has 0 radical (unpaired) electrons. The second kappa shape index (κ2) is 2.49. The predicted octanol–water partition coefficient (Wildman–Crippen LogP) is 0.553. The van der Waals surface area contributed by atoms with Crippen LogP contribution in [0.3, 0.4) is 0 Å². The van der Waals surface area contributed by atoms with E-state index in [0.717, 1.165) is 5.69 Å². The summed E-state index contributed by atoms with van der Waals surface area (Å²) in [5, 5.41) is 3.04. The zero-order chi connectivity index (χ0) is 6.69. The number of pyridine rings is 1. The van der Waals surface area contributed by atoms with Gasteiger partial charge in [0.25, 0.3) is 0 Å². The van der Waals surface area contributed by atoms with Gasteiger partial charge in [0.15, 0.2) is 12.4 Å². The molecule has 0 saturated heterocycles. The first-order valence-electron chi connectivity index (χ1n) is 2.96. The summed E-state index contributed by atoms with van der Waals surface area (Å²) in [5.41, 5.74) is 1.15. The van der Waals surface area contributed by atoms with Crippen molar-refractivity contribution in [3.63, 3.8) is 0 Å². The second-order valence-electron chi connectivity index (χ2n) is 2.00. The molecule has 0 aliphatic rings. The van der Waals surface area contributed by atoms with Crippen LogP contribution in [0.2, 0.25) is 0 Å². The zero-order valence-electron chi connectivity index (χ0n) is 5.76. The van der Waals surface area contributed by atoms with E-state index < -0.39 is 0 Å². The molecule has 9 heavy (non-hydrogen) atoms. The average molecular weight is 123 g/mol. The third-order valence-corrected chi connectivity index (χ3v) is 1.27. The van der Waals surface area contributed by atoms with Crippen LogP contribution in [0.4, 0.5) is 5.69 Å². The molecule has 0 amide bonds. The maximum atomic E-state index is 3.04. The van der Waals surface area contributed by atoms with E-state index in [0.29, 0.717) is 0 Å². The Kier molecular flexibility index (Phi) is 1.68. The van der Waals surface area contributed by atoms with Gasteiger partial charge in [0, 0.05) is 24.9 Å². The Morgan fingerprint density at radius 3 is 2.33 bits per heavy atom. The highest BCUT2D eigenvalue weighted by Gasteiger charge is 1.89. The van der Waals surface area contributed by atoms with Gasteiger partial charge in [-0.2, -0.15) is 0 Å². The van der Waals surface area contributed by atoms with Gasteiger partial charge in [-0.1, -0.05) is 0 Å². The van der Waals surface area contributed by atoms with Crippen LogP contribution >= 0.6 is 0 Å². The van der Waals surface area contributed by atoms with E-state index in [-0.39, 0.29) is 0 Å². The van der Waals surface area contributed by atoms with Crippen molar-refractivity contribution in [2.45, 2.75) is 0 Å². The summed E-state index contributed by atoms with van der Waals surface area (Å²) in [5.74, 6) is 0. The van der Waals surface area contributed by atoms with Crippen molar-refractivity contribution < 1.29 is 4.57 Å². The Morgan fingerprint density at radius 1 is 1.33 bits per heavy atom. The molecule has 2 nitrogen and oxygen atoms in total. The highest BCUT2D eigenvalue weighted by molar-refractivity contribution is 5.38. The van der Waals surface area contributed by atoms with Gasteiger partial charge in [0.1, 0.15) is 7.05 Å². The SMILES string of the molecule is CNc1cc[n+](C)cc1. The van der Waals surface area contributed by atoms with Crippen LogP contribution < -0.4 is 9.88 Å². The van der Waals surface area contributed by atoms with E-state index in [1.54, 1.807) is 0 Å². The molecule has 1 rings (SSSR count). The van der Waals surface area contributed by atoms with Gasteiger partial charge in [-0.15, -0.1) is 0 Å². The fourth-order valence-electron chi connectivity index (χ4n) is 0.668. The maximum absolute atomic E-state index is 3.04. The molecule has 2 heteroatoms. The zero-order valence-corrected chi connectivity index (χ0v) is 5.76. The Hall–Kier alpha value is -1.05. The lowest BCUT2D eigenvalue weighted by atomic mass is 10.4. The van der Waals surface area contributed by atoms with Crippen molar-refractivity contribution in [3.8, 4) is 0 Å². The van der Waals surface area contributed by atoms with Crippen LogP contribution in [0.25, 0.3) is 0 Å². The van der Waals surface area contributed by atoms with E-state index in [2.05, 4.69) is 5.32 Å². The lowest BCUT2D eigenvalue weighted by Crippen LogP contribution is -2.25. The molecular weight excluding hydrogens is 112 g/mol. The van der Waals surface area contributed by atoms with Crippen molar-refractivity contribution >= 4 is 5.69 Å². The van der Waals surface area contributed by atoms with Crippen LogP contribution in [0.5, 0.6) is 0 Å².